The Morgan fingerprint density at radius 3 is 2.62 bits per heavy atom. The van der Waals surface area contributed by atoms with Crippen LogP contribution in [0.4, 0.5) is 15.8 Å². The van der Waals surface area contributed by atoms with Gasteiger partial charge >= 0.3 is 0 Å². The Hall–Kier alpha value is -3.74. The van der Waals surface area contributed by atoms with Gasteiger partial charge in [0.25, 0.3) is 0 Å². The summed E-state index contributed by atoms with van der Waals surface area (Å²) < 4.78 is 24.7. The molecule has 0 saturated heterocycles. The number of aromatic hydroxyl groups is 1. The van der Waals surface area contributed by atoms with Gasteiger partial charge in [-0.2, -0.15) is 0 Å². The maximum Gasteiger partial charge on any atom is 0.168 e. The number of rotatable bonds is 7. The quantitative estimate of drug-likeness (QED) is 0.183. The van der Waals surface area contributed by atoms with Crippen molar-refractivity contribution in [3.63, 3.8) is 0 Å². The standard InChI is InChI=1S/C22H22FN3O3/c1-28-17-8-10-21(18(23)12-17)29-14-22(25-13-15-5-3-2-4-6-15)26-19-11-16(24)7-9-20(19)27/h2-12,27H,13-14,24H2,1H3,(H,25,26). The van der Waals surface area contributed by atoms with E-state index in [0.717, 1.165) is 5.56 Å². The normalized spacial score (nSPS) is 11.2. The van der Waals surface area contributed by atoms with Crippen LogP contribution in [-0.2, 0) is 6.54 Å². The third kappa shape index (κ3) is 5.62. The monoisotopic (exact) mass is 395 g/mol. The van der Waals surface area contributed by atoms with Crippen molar-refractivity contribution in [2.45, 2.75) is 6.54 Å². The van der Waals surface area contributed by atoms with Crippen LogP contribution >= 0.6 is 0 Å². The lowest BCUT2D eigenvalue weighted by Crippen LogP contribution is -2.21. The number of nitrogens with two attached hydrogens (primary N) is 1. The van der Waals surface area contributed by atoms with Gasteiger partial charge in [0.15, 0.2) is 11.6 Å². The van der Waals surface area contributed by atoms with Crippen LogP contribution in [0.3, 0.4) is 0 Å². The molecule has 0 saturated carbocycles. The van der Waals surface area contributed by atoms with Crippen LogP contribution in [-0.4, -0.2) is 24.7 Å². The van der Waals surface area contributed by atoms with Crippen LogP contribution in [0.1, 0.15) is 5.56 Å². The van der Waals surface area contributed by atoms with E-state index < -0.39 is 5.82 Å². The lowest BCUT2D eigenvalue weighted by atomic mass is 10.2. The molecule has 150 valence electrons. The predicted octanol–water partition coefficient (Wildman–Crippen LogP) is 4.21. The Labute approximate surface area is 168 Å². The molecule has 0 unspecified atom stereocenters. The summed E-state index contributed by atoms with van der Waals surface area (Å²) in [7, 11) is 1.46. The fourth-order valence-electron chi connectivity index (χ4n) is 2.57. The minimum atomic E-state index is -0.543. The zero-order chi connectivity index (χ0) is 20.6. The highest BCUT2D eigenvalue weighted by Gasteiger charge is 2.10. The van der Waals surface area contributed by atoms with Crippen LogP contribution in [0.2, 0.25) is 0 Å². The maximum absolute atomic E-state index is 14.2. The molecule has 0 aliphatic rings. The van der Waals surface area contributed by atoms with Crippen LogP contribution in [0.25, 0.3) is 0 Å². The van der Waals surface area contributed by atoms with E-state index in [0.29, 0.717) is 29.5 Å². The molecule has 0 spiro atoms. The Morgan fingerprint density at radius 2 is 1.90 bits per heavy atom. The van der Waals surface area contributed by atoms with Gasteiger partial charge in [0, 0.05) is 11.8 Å². The highest BCUT2D eigenvalue weighted by Crippen LogP contribution is 2.26. The number of anilines is 2. The van der Waals surface area contributed by atoms with E-state index in [4.69, 9.17) is 15.2 Å². The molecule has 6 nitrogen and oxygen atoms in total. The third-order valence-electron chi connectivity index (χ3n) is 4.10. The van der Waals surface area contributed by atoms with Crippen molar-refractivity contribution >= 4 is 17.2 Å². The molecule has 29 heavy (non-hydrogen) atoms. The number of hydrogen-bond donors (Lipinski definition) is 3. The Balaban J connectivity index is 1.79. The molecule has 3 rings (SSSR count). The molecule has 3 aromatic rings. The summed E-state index contributed by atoms with van der Waals surface area (Å²) >= 11 is 0. The number of methoxy groups -OCH3 is 1. The van der Waals surface area contributed by atoms with E-state index >= 15 is 0 Å². The van der Waals surface area contributed by atoms with Gasteiger partial charge in [-0.05, 0) is 35.9 Å². The zero-order valence-corrected chi connectivity index (χ0v) is 15.9. The molecule has 0 fully saturated rings. The number of phenolic OH excluding ortho intramolecular Hbond substituents is 1. The second-order valence-electron chi connectivity index (χ2n) is 6.24. The number of ether oxygens (including phenoxy) is 2. The van der Waals surface area contributed by atoms with Gasteiger partial charge in [-0.3, -0.25) is 4.99 Å². The molecule has 0 aliphatic heterocycles. The number of benzene rings is 3. The average Bonchev–Trinajstić information content (AvgIpc) is 2.74. The predicted molar refractivity (Wildman–Crippen MR) is 112 cm³/mol. The molecule has 0 heterocycles. The van der Waals surface area contributed by atoms with E-state index in [2.05, 4.69) is 10.3 Å². The average molecular weight is 395 g/mol. The molecular weight excluding hydrogens is 373 g/mol. The van der Waals surface area contributed by atoms with Gasteiger partial charge in [-0.1, -0.05) is 30.3 Å². The second kappa shape index (κ2) is 9.45. The van der Waals surface area contributed by atoms with E-state index in [9.17, 15) is 9.50 Å². The van der Waals surface area contributed by atoms with Crippen LogP contribution < -0.4 is 20.5 Å². The minimum absolute atomic E-state index is 0.0160. The first-order chi connectivity index (χ1) is 14.0. The Bertz CT molecular complexity index is 994. The Morgan fingerprint density at radius 1 is 1.10 bits per heavy atom. The molecule has 0 bridgehead atoms. The van der Waals surface area contributed by atoms with Gasteiger partial charge in [0.2, 0.25) is 0 Å². The van der Waals surface area contributed by atoms with E-state index in [-0.39, 0.29) is 18.1 Å². The number of halogens is 1. The van der Waals surface area contributed by atoms with Gasteiger partial charge in [0.1, 0.15) is 23.9 Å². The van der Waals surface area contributed by atoms with E-state index in [1.165, 1.54) is 25.3 Å². The number of nitrogens with zero attached hydrogens (tertiary/aromatic N) is 1. The minimum Gasteiger partial charge on any atom is -0.506 e. The summed E-state index contributed by atoms with van der Waals surface area (Å²) in [6.45, 7) is 0.352. The molecule has 7 heteroatoms. The summed E-state index contributed by atoms with van der Waals surface area (Å²) in [6.07, 6.45) is 0. The lowest BCUT2D eigenvalue weighted by Gasteiger charge is -2.14. The van der Waals surface area contributed by atoms with Crippen LogP contribution in [0.5, 0.6) is 17.2 Å². The first-order valence-corrected chi connectivity index (χ1v) is 8.94. The van der Waals surface area contributed by atoms with Gasteiger partial charge in [0.05, 0.1) is 19.3 Å². The van der Waals surface area contributed by atoms with Gasteiger partial charge in [-0.25, -0.2) is 4.39 Å². The first-order valence-electron chi connectivity index (χ1n) is 8.94. The molecule has 3 aromatic carbocycles. The highest BCUT2D eigenvalue weighted by molar-refractivity contribution is 5.98. The number of nitrogens with one attached hydrogen (secondary N) is 1. The fraction of sp³-hybridized carbons (Fsp3) is 0.136. The largest absolute Gasteiger partial charge is 0.506 e. The molecule has 0 atom stereocenters. The van der Waals surface area contributed by atoms with Crippen molar-refractivity contribution in [1.82, 2.24) is 0 Å². The summed E-state index contributed by atoms with van der Waals surface area (Å²) in [5.41, 5.74) is 7.66. The van der Waals surface area contributed by atoms with E-state index in [1.807, 2.05) is 30.3 Å². The molecule has 0 radical (unpaired) electrons. The number of nitrogen functional groups attached to an aromatic ring is 1. The van der Waals surface area contributed by atoms with Gasteiger partial charge in [-0.15, -0.1) is 0 Å². The highest BCUT2D eigenvalue weighted by atomic mass is 19.1. The van der Waals surface area contributed by atoms with Crippen LogP contribution in [0, 0.1) is 5.82 Å². The molecule has 0 amide bonds. The molecule has 0 aliphatic carbocycles. The summed E-state index contributed by atoms with van der Waals surface area (Å²) in [5.74, 6) is 0.346. The molecule has 4 N–H and O–H groups in total. The number of aliphatic imine (C=N–C) groups is 1. The fourth-order valence-corrected chi connectivity index (χ4v) is 2.57. The van der Waals surface area contributed by atoms with Crippen molar-refractivity contribution in [2.75, 3.05) is 24.8 Å². The van der Waals surface area contributed by atoms with Crippen LogP contribution in [0.15, 0.2) is 71.7 Å². The topological polar surface area (TPSA) is 89.1 Å². The van der Waals surface area contributed by atoms with E-state index in [1.54, 1.807) is 18.2 Å². The first kappa shape index (κ1) is 20.0. The number of hydrogen-bond acceptors (Lipinski definition) is 5. The van der Waals surface area contributed by atoms with Crippen molar-refractivity contribution in [2.24, 2.45) is 4.99 Å². The van der Waals surface area contributed by atoms with Crippen molar-refractivity contribution in [1.29, 1.82) is 0 Å². The Kier molecular flexibility index (Phi) is 6.52. The maximum atomic E-state index is 14.2. The summed E-state index contributed by atoms with van der Waals surface area (Å²) in [5, 5.41) is 13.1. The van der Waals surface area contributed by atoms with Crippen molar-refractivity contribution < 1.29 is 19.0 Å². The second-order valence-corrected chi connectivity index (χ2v) is 6.24. The lowest BCUT2D eigenvalue weighted by molar-refractivity contribution is 0.349. The smallest absolute Gasteiger partial charge is 0.168 e. The molecular formula is C22H22FN3O3. The number of amidine groups is 1. The summed E-state index contributed by atoms with van der Waals surface area (Å²) in [4.78, 5) is 4.52. The molecule has 0 aromatic heterocycles. The number of phenols is 1. The third-order valence-corrected chi connectivity index (χ3v) is 4.10. The zero-order valence-electron chi connectivity index (χ0n) is 15.9. The van der Waals surface area contributed by atoms with Crippen molar-refractivity contribution in [3.8, 4) is 17.2 Å². The van der Waals surface area contributed by atoms with Gasteiger partial charge < -0.3 is 25.6 Å². The summed E-state index contributed by atoms with van der Waals surface area (Å²) in [6, 6.07) is 18.7. The SMILES string of the molecule is COc1ccc(OCC(=NCc2ccccc2)Nc2cc(N)ccc2O)c(F)c1. The van der Waals surface area contributed by atoms with Crippen molar-refractivity contribution in [3.05, 3.63) is 78.1 Å².